The third kappa shape index (κ3) is 4.41. The Hall–Kier alpha value is -4.00. The second-order valence-electron chi connectivity index (χ2n) is 7.06. The molecule has 34 heavy (non-hydrogen) atoms. The Bertz CT molecular complexity index is 1520. The Kier molecular flexibility index (Phi) is 5.73. The number of pyridine rings is 1. The van der Waals surface area contributed by atoms with Crippen LogP contribution in [0.3, 0.4) is 0 Å². The van der Waals surface area contributed by atoms with Crippen molar-refractivity contribution in [2.24, 2.45) is 0 Å². The molecule has 2 aromatic carbocycles. The van der Waals surface area contributed by atoms with E-state index in [2.05, 4.69) is 15.5 Å². The van der Waals surface area contributed by atoms with Crippen molar-refractivity contribution < 1.29 is 35.3 Å². The van der Waals surface area contributed by atoms with Crippen LogP contribution in [0.5, 0.6) is 0 Å². The van der Waals surface area contributed by atoms with E-state index in [0.29, 0.717) is 6.07 Å². The van der Waals surface area contributed by atoms with Crippen LogP contribution in [0, 0.1) is 12.7 Å². The minimum atomic E-state index is -4.97. The summed E-state index contributed by atoms with van der Waals surface area (Å²) in [6.45, 7) is 1.45. The van der Waals surface area contributed by atoms with Gasteiger partial charge >= 0.3 is 6.18 Å². The molecule has 4 rings (SSSR count). The van der Waals surface area contributed by atoms with Gasteiger partial charge in [-0.1, -0.05) is 5.16 Å². The average molecular weight is 494 g/mol. The lowest BCUT2D eigenvalue weighted by Crippen LogP contribution is -2.19. The largest absolute Gasteiger partial charge is 0.418 e. The Morgan fingerprint density at radius 3 is 2.56 bits per heavy atom. The average Bonchev–Trinajstić information content (AvgIpc) is 3.20. The maximum atomic E-state index is 14.0. The number of hydrogen-bond donors (Lipinski definition) is 2. The number of sulfonamides is 1. The highest BCUT2D eigenvalue weighted by Crippen LogP contribution is 2.38. The van der Waals surface area contributed by atoms with E-state index < -0.39 is 44.1 Å². The molecule has 0 unspecified atom stereocenters. The first-order valence-electron chi connectivity index (χ1n) is 9.47. The van der Waals surface area contributed by atoms with Gasteiger partial charge < -0.3 is 9.84 Å². The van der Waals surface area contributed by atoms with Crippen molar-refractivity contribution in [2.75, 3.05) is 10.0 Å². The molecule has 0 fully saturated rings. The molecule has 0 saturated carbocycles. The molecule has 13 heteroatoms. The Morgan fingerprint density at radius 1 is 1.12 bits per heavy atom. The van der Waals surface area contributed by atoms with Crippen molar-refractivity contribution in [1.82, 2.24) is 10.1 Å². The topological polar surface area (TPSA) is 114 Å². The zero-order valence-electron chi connectivity index (χ0n) is 17.1. The SMILES string of the molecule is Cc1oncc1C(=O)Nc1ccc(NS(=O)(=O)c2ccc(F)c3ncccc23)c(C(F)(F)F)c1. The quantitative estimate of drug-likeness (QED) is 0.388. The van der Waals surface area contributed by atoms with E-state index in [-0.39, 0.29) is 27.9 Å². The van der Waals surface area contributed by atoms with Gasteiger partial charge in [0.1, 0.15) is 22.7 Å². The van der Waals surface area contributed by atoms with E-state index in [1.807, 2.05) is 4.72 Å². The number of nitrogens with zero attached hydrogens (tertiary/aromatic N) is 2. The van der Waals surface area contributed by atoms with Crippen molar-refractivity contribution >= 4 is 38.2 Å². The van der Waals surface area contributed by atoms with Crippen molar-refractivity contribution in [3.63, 3.8) is 0 Å². The molecule has 0 bridgehead atoms. The van der Waals surface area contributed by atoms with E-state index >= 15 is 0 Å². The first kappa shape index (κ1) is 23.2. The normalized spacial score (nSPS) is 12.0. The number of benzene rings is 2. The minimum absolute atomic E-state index is 0.0233. The van der Waals surface area contributed by atoms with Crippen LogP contribution in [0.25, 0.3) is 10.9 Å². The van der Waals surface area contributed by atoms with Gasteiger partial charge in [-0.2, -0.15) is 13.2 Å². The van der Waals surface area contributed by atoms with Crippen molar-refractivity contribution in [1.29, 1.82) is 0 Å². The molecule has 0 aliphatic heterocycles. The lowest BCUT2D eigenvalue weighted by atomic mass is 10.1. The lowest BCUT2D eigenvalue weighted by Gasteiger charge is -2.17. The minimum Gasteiger partial charge on any atom is -0.361 e. The fourth-order valence-electron chi connectivity index (χ4n) is 3.21. The molecule has 0 aliphatic rings. The number of carbonyl (C=O) groups is 1. The second-order valence-corrected chi connectivity index (χ2v) is 8.71. The van der Waals surface area contributed by atoms with Gasteiger partial charge in [-0.15, -0.1) is 0 Å². The molecule has 0 spiro atoms. The number of alkyl halides is 3. The van der Waals surface area contributed by atoms with Gasteiger partial charge in [0.25, 0.3) is 15.9 Å². The Morgan fingerprint density at radius 2 is 1.88 bits per heavy atom. The Labute approximate surface area is 189 Å². The molecular formula is C21H14F4N4O4S. The van der Waals surface area contributed by atoms with Gasteiger partial charge in [0.15, 0.2) is 0 Å². The van der Waals surface area contributed by atoms with E-state index in [9.17, 15) is 30.8 Å². The molecule has 8 nitrogen and oxygen atoms in total. The van der Waals surface area contributed by atoms with Crippen LogP contribution in [0.2, 0.25) is 0 Å². The number of halogens is 4. The summed E-state index contributed by atoms with van der Waals surface area (Å²) in [6.07, 6.45) is -2.61. The summed E-state index contributed by atoms with van der Waals surface area (Å²) in [7, 11) is -4.58. The molecule has 4 aromatic rings. The smallest absolute Gasteiger partial charge is 0.361 e. The predicted molar refractivity (Wildman–Crippen MR) is 113 cm³/mol. The fourth-order valence-corrected chi connectivity index (χ4v) is 4.49. The maximum Gasteiger partial charge on any atom is 0.418 e. The number of hydrogen-bond acceptors (Lipinski definition) is 6. The van der Waals surface area contributed by atoms with Crippen LogP contribution >= 0.6 is 0 Å². The van der Waals surface area contributed by atoms with Crippen LogP contribution in [0.4, 0.5) is 28.9 Å². The van der Waals surface area contributed by atoms with Crippen LogP contribution in [-0.4, -0.2) is 24.5 Å². The number of aryl methyl sites for hydroxylation is 1. The summed E-state index contributed by atoms with van der Waals surface area (Å²) in [5.74, 6) is -1.38. The highest BCUT2D eigenvalue weighted by atomic mass is 32.2. The highest BCUT2D eigenvalue weighted by molar-refractivity contribution is 7.93. The van der Waals surface area contributed by atoms with E-state index in [0.717, 1.165) is 30.5 Å². The Balaban J connectivity index is 1.71. The van der Waals surface area contributed by atoms with Crippen LogP contribution < -0.4 is 10.0 Å². The molecule has 2 heterocycles. The molecule has 176 valence electrons. The van der Waals surface area contributed by atoms with Gasteiger partial charge in [-0.25, -0.2) is 12.8 Å². The number of carbonyl (C=O) groups excluding carboxylic acids is 1. The molecule has 2 N–H and O–H groups in total. The molecule has 1 amide bonds. The number of anilines is 2. The second kappa shape index (κ2) is 8.41. The lowest BCUT2D eigenvalue weighted by molar-refractivity contribution is -0.136. The summed E-state index contributed by atoms with van der Waals surface area (Å²) < 4.78 is 87.8. The third-order valence-corrected chi connectivity index (χ3v) is 6.22. The molecule has 2 aromatic heterocycles. The van der Waals surface area contributed by atoms with E-state index in [1.165, 1.54) is 25.3 Å². The first-order valence-corrected chi connectivity index (χ1v) is 11.0. The summed E-state index contributed by atoms with van der Waals surface area (Å²) in [4.78, 5) is 15.6. The standard InChI is InChI=1S/C21H14F4N4O4S/c1-11-14(10-27-33-11)20(30)28-12-4-6-17(15(9-12)21(23,24)25)29-34(31,32)18-7-5-16(22)19-13(18)3-2-8-26-19/h2-10,29H,1H3,(H,28,30). The number of fused-ring (bicyclic) bond motifs is 1. The first-order chi connectivity index (χ1) is 16.0. The summed E-state index contributed by atoms with van der Waals surface area (Å²) >= 11 is 0. The zero-order valence-corrected chi connectivity index (χ0v) is 18.0. The number of nitrogens with one attached hydrogen (secondary N) is 2. The maximum absolute atomic E-state index is 14.0. The van der Waals surface area contributed by atoms with E-state index in [4.69, 9.17) is 4.52 Å². The van der Waals surface area contributed by atoms with Crippen LogP contribution in [0.15, 0.2) is 64.3 Å². The molecular weight excluding hydrogens is 480 g/mol. The number of amides is 1. The van der Waals surface area contributed by atoms with Gasteiger partial charge in [0.2, 0.25) is 0 Å². The molecule has 0 atom stereocenters. The van der Waals surface area contributed by atoms with Gasteiger partial charge in [-0.3, -0.25) is 14.5 Å². The number of aromatic nitrogens is 2. The highest BCUT2D eigenvalue weighted by Gasteiger charge is 2.35. The monoisotopic (exact) mass is 494 g/mol. The van der Waals surface area contributed by atoms with Gasteiger partial charge in [0, 0.05) is 17.3 Å². The van der Waals surface area contributed by atoms with Crippen molar-refractivity contribution in [2.45, 2.75) is 18.0 Å². The summed E-state index contributed by atoms with van der Waals surface area (Å²) in [5.41, 5.74) is -2.59. The van der Waals surface area contributed by atoms with Crippen LogP contribution in [0.1, 0.15) is 21.7 Å². The summed E-state index contributed by atoms with van der Waals surface area (Å²) in [6, 6.07) is 7.00. The zero-order chi connectivity index (χ0) is 24.7. The molecule has 0 saturated heterocycles. The van der Waals surface area contributed by atoms with Crippen LogP contribution in [-0.2, 0) is 16.2 Å². The van der Waals surface area contributed by atoms with Gasteiger partial charge in [-0.05, 0) is 49.4 Å². The fraction of sp³-hybridized carbons (Fsp3) is 0.0952. The molecule has 0 aliphatic carbocycles. The van der Waals surface area contributed by atoms with Crippen molar-refractivity contribution in [3.8, 4) is 0 Å². The number of rotatable bonds is 5. The summed E-state index contributed by atoms with van der Waals surface area (Å²) in [5, 5.41) is 5.61. The van der Waals surface area contributed by atoms with Crippen molar-refractivity contribution in [3.05, 3.63) is 77.6 Å². The predicted octanol–water partition coefficient (Wildman–Crippen LogP) is 4.74. The van der Waals surface area contributed by atoms with Gasteiger partial charge in [0.05, 0.1) is 22.3 Å². The third-order valence-electron chi connectivity index (χ3n) is 4.79. The van der Waals surface area contributed by atoms with E-state index in [1.54, 1.807) is 0 Å². The molecule has 0 radical (unpaired) electrons.